The summed E-state index contributed by atoms with van der Waals surface area (Å²) < 4.78 is 16.2. The second-order valence-electron chi connectivity index (χ2n) is 5.48. The third kappa shape index (κ3) is 3.74. The summed E-state index contributed by atoms with van der Waals surface area (Å²) in [5.74, 6) is 1.96. The molecule has 1 aliphatic rings. The monoisotopic (exact) mass is 313 g/mol. The molecule has 0 spiro atoms. The number of hydrogen-bond acceptors (Lipinski definition) is 4. The summed E-state index contributed by atoms with van der Waals surface area (Å²) in [5, 5.41) is 2.86. The molecule has 3 rings (SSSR count). The minimum Gasteiger partial charge on any atom is -0.481 e. The number of aryl methyl sites for hydroxylation is 1. The van der Waals surface area contributed by atoms with Crippen LogP contribution in [0.2, 0.25) is 0 Å². The Kier molecular flexibility index (Phi) is 4.37. The van der Waals surface area contributed by atoms with E-state index in [1.54, 1.807) is 6.92 Å². The summed E-state index contributed by atoms with van der Waals surface area (Å²) in [4.78, 5) is 12.1. The maximum absolute atomic E-state index is 12.1. The number of ether oxygens (including phenoxy) is 3. The van der Waals surface area contributed by atoms with Gasteiger partial charge in [0.05, 0.1) is 0 Å². The number of carbonyl (C=O) groups is 1. The molecule has 1 amide bonds. The average molecular weight is 313 g/mol. The summed E-state index contributed by atoms with van der Waals surface area (Å²) >= 11 is 0. The first-order valence-electron chi connectivity index (χ1n) is 7.51. The topological polar surface area (TPSA) is 56.8 Å². The number of amides is 1. The molecular weight excluding hydrogens is 294 g/mol. The number of carbonyl (C=O) groups excluding carboxylic acids is 1. The molecule has 0 aromatic heterocycles. The van der Waals surface area contributed by atoms with Gasteiger partial charge in [-0.15, -0.1) is 0 Å². The normalized spacial score (nSPS) is 13.5. The molecule has 0 fully saturated rings. The van der Waals surface area contributed by atoms with Crippen LogP contribution < -0.4 is 19.5 Å². The van der Waals surface area contributed by atoms with Gasteiger partial charge in [0.1, 0.15) is 5.75 Å². The van der Waals surface area contributed by atoms with Crippen LogP contribution in [0.15, 0.2) is 42.5 Å². The van der Waals surface area contributed by atoms with Crippen LogP contribution >= 0.6 is 0 Å². The van der Waals surface area contributed by atoms with Crippen molar-refractivity contribution in [2.75, 3.05) is 6.79 Å². The first kappa shape index (κ1) is 15.2. The van der Waals surface area contributed by atoms with Gasteiger partial charge in [0.2, 0.25) is 6.79 Å². The van der Waals surface area contributed by atoms with Gasteiger partial charge in [-0.2, -0.15) is 0 Å². The summed E-state index contributed by atoms with van der Waals surface area (Å²) in [6.07, 6.45) is -0.563. The first-order valence-corrected chi connectivity index (χ1v) is 7.51. The predicted octanol–water partition coefficient (Wildman–Crippen LogP) is 2.81. The first-order chi connectivity index (χ1) is 11.1. The maximum Gasteiger partial charge on any atom is 0.261 e. The number of nitrogens with one attached hydrogen (secondary N) is 1. The lowest BCUT2D eigenvalue weighted by Gasteiger charge is -2.15. The molecule has 2 aromatic carbocycles. The number of fused-ring (bicyclic) bond motifs is 1. The van der Waals surface area contributed by atoms with Crippen molar-refractivity contribution < 1.29 is 19.0 Å². The largest absolute Gasteiger partial charge is 0.481 e. The summed E-state index contributed by atoms with van der Waals surface area (Å²) in [5.41, 5.74) is 2.10. The van der Waals surface area contributed by atoms with Crippen LogP contribution in [0.25, 0.3) is 0 Å². The fourth-order valence-corrected chi connectivity index (χ4v) is 2.26. The number of hydrogen-bond donors (Lipinski definition) is 1. The van der Waals surface area contributed by atoms with Crippen molar-refractivity contribution in [1.29, 1.82) is 0 Å². The van der Waals surface area contributed by atoms with Gasteiger partial charge in [0.25, 0.3) is 5.91 Å². The molecule has 5 heteroatoms. The lowest BCUT2D eigenvalue weighted by molar-refractivity contribution is -0.127. The zero-order chi connectivity index (χ0) is 16.2. The summed E-state index contributed by atoms with van der Waals surface area (Å²) in [6.45, 7) is 4.39. The molecule has 0 aliphatic carbocycles. The van der Waals surface area contributed by atoms with Gasteiger partial charge in [-0.1, -0.05) is 23.8 Å². The Balaban J connectivity index is 1.53. The SMILES string of the molecule is Cc1ccc(O[C@@H](C)C(=O)NCc2ccc3c(c2)OCO3)cc1. The smallest absolute Gasteiger partial charge is 0.261 e. The second kappa shape index (κ2) is 6.60. The van der Waals surface area contributed by atoms with Crippen molar-refractivity contribution >= 4 is 5.91 Å². The van der Waals surface area contributed by atoms with Crippen LogP contribution in [0.1, 0.15) is 18.1 Å². The Morgan fingerprint density at radius 2 is 1.91 bits per heavy atom. The zero-order valence-corrected chi connectivity index (χ0v) is 13.2. The van der Waals surface area contributed by atoms with Gasteiger partial charge >= 0.3 is 0 Å². The Morgan fingerprint density at radius 1 is 1.17 bits per heavy atom. The molecule has 120 valence electrons. The summed E-state index contributed by atoms with van der Waals surface area (Å²) in [7, 11) is 0. The highest BCUT2D eigenvalue weighted by molar-refractivity contribution is 5.80. The van der Waals surface area contributed by atoms with E-state index in [-0.39, 0.29) is 12.7 Å². The van der Waals surface area contributed by atoms with E-state index in [0.29, 0.717) is 18.0 Å². The molecule has 0 radical (unpaired) electrons. The van der Waals surface area contributed by atoms with Crippen molar-refractivity contribution in [2.45, 2.75) is 26.5 Å². The quantitative estimate of drug-likeness (QED) is 0.922. The molecule has 0 saturated heterocycles. The van der Waals surface area contributed by atoms with Crippen molar-refractivity contribution in [3.63, 3.8) is 0 Å². The Bertz CT molecular complexity index is 697. The molecular formula is C18H19NO4. The van der Waals surface area contributed by atoms with Gasteiger partial charge < -0.3 is 19.5 Å². The van der Waals surface area contributed by atoms with Crippen LogP contribution in [0.3, 0.4) is 0 Å². The fraction of sp³-hybridized carbons (Fsp3) is 0.278. The standard InChI is InChI=1S/C18H19NO4/c1-12-3-6-15(7-4-12)23-13(2)18(20)19-10-14-5-8-16-17(9-14)22-11-21-16/h3-9,13H,10-11H2,1-2H3,(H,19,20)/t13-/m0/s1. The zero-order valence-electron chi connectivity index (χ0n) is 13.2. The minimum atomic E-state index is -0.563. The van der Waals surface area contributed by atoms with Gasteiger partial charge in [-0.25, -0.2) is 0 Å². The number of benzene rings is 2. The van der Waals surface area contributed by atoms with Crippen molar-refractivity contribution in [3.8, 4) is 17.2 Å². The Hall–Kier alpha value is -2.69. The van der Waals surface area contributed by atoms with E-state index in [0.717, 1.165) is 16.9 Å². The highest BCUT2D eigenvalue weighted by Gasteiger charge is 2.16. The Morgan fingerprint density at radius 3 is 2.70 bits per heavy atom. The predicted molar refractivity (Wildman–Crippen MR) is 85.7 cm³/mol. The molecule has 1 atom stereocenters. The molecule has 0 bridgehead atoms. The fourth-order valence-electron chi connectivity index (χ4n) is 2.26. The van der Waals surface area contributed by atoms with Crippen molar-refractivity contribution in [2.24, 2.45) is 0 Å². The van der Waals surface area contributed by atoms with Crippen LogP contribution in [-0.2, 0) is 11.3 Å². The van der Waals surface area contributed by atoms with Crippen LogP contribution in [0.4, 0.5) is 0 Å². The molecule has 2 aromatic rings. The Labute approximate surface area is 135 Å². The van der Waals surface area contributed by atoms with Gasteiger partial charge in [-0.3, -0.25) is 4.79 Å². The van der Waals surface area contributed by atoms with E-state index in [9.17, 15) is 4.79 Å². The highest BCUT2D eigenvalue weighted by atomic mass is 16.7. The lowest BCUT2D eigenvalue weighted by Crippen LogP contribution is -2.35. The van der Waals surface area contributed by atoms with Gasteiger partial charge in [-0.05, 0) is 43.7 Å². The van der Waals surface area contributed by atoms with Crippen LogP contribution in [-0.4, -0.2) is 18.8 Å². The van der Waals surface area contributed by atoms with Crippen LogP contribution in [0.5, 0.6) is 17.2 Å². The molecule has 1 aliphatic heterocycles. The van der Waals surface area contributed by atoms with Gasteiger partial charge in [0, 0.05) is 6.54 Å². The minimum absolute atomic E-state index is 0.164. The molecule has 5 nitrogen and oxygen atoms in total. The molecule has 0 saturated carbocycles. The lowest BCUT2D eigenvalue weighted by atomic mass is 10.2. The van der Waals surface area contributed by atoms with E-state index in [4.69, 9.17) is 14.2 Å². The number of rotatable bonds is 5. The van der Waals surface area contributed by atoms with Crippen LogP contribution in [0, 0.1) is 6.92 Å². The molecule has 23 heavy (non-hydrogen) atoms. The average Bonchev–Trinajstić information content (AvgIpc) is 3.02. The van der Waals surface area contributed by atoms with E-state index < -0.39 is 6.10 Å². The molecule has 1 heterocycles. The molecule has 0 unspecified atom stereocenters. The third-order valence-electron chi connectivity index (χ3n) is 3.61. The third-order valence-corrected chi connectivity index (χ3v) is 3.61. The second-order valence-corrected chi connectivity index (χ2v) is 5.48. The van der Waals surface area contributed by atoms with E-state index in [1.165, 1.54) is 0 Å². The van der Waals surface area contributed by atoms with E-state index in [2.05, 4.69) is 5.32 Å². The van der Waals surface area contributed by atoms with Crippen molar-refractivity contribution in [3.05, 3.63) is 53.6 Å². The molecule has 1 N–H and O–H groups in total. The van der Waals surface area contributed by atoms with Gasteiger partial charge in [0.15, 0.2) is 17.6 Å². The highest BCUT2D eigenvalue weighted by Crippen LogP contribution is 2.32. The maximum atomic E-state index is 12.1. The summed E-state index contributed by atoms with van der Waals surface area (Å²) in [6, 6.07) is 13.2. The van der Waals surface area contributed by atoms with E-state index >= 15 is 0 Å². The van der Waals surface area contributed by atoms with E-state index in [1.807, 2.05) is 49.4 Å². The van der Waals surface area contributed by atoms with Crippen molar-refractivity contribution in [1.82, 2.24) is 5.32 Å².